The Morgan fingerprint density at radius 1 is 1.08 bits per heavy atom. The fraction of sp³-hybridized carbons (Fsp3) is 0.588. The third kappa shape index (κ3) is 3.82. The first kappa shape index (κ1) is 19.0. The van der Waals surface area contributed by atoms with Crippen molar-refractivity contribution in [1.29, 1.82) is 0 Å². The van der Waals surface area contributed by atoms with Crippen LogP contribution in [-0.2, 0) is 20.8 Å². The third-order valence-corrected chi connectivity index (χ3v) is 6.74. The molecule has 0 atom stereocenters. The van der Waals surface area contributed by atoms with Gasteiger partial charge < -0.3 is 9.64 Å². The second-order valence-electron chi connectivity index (χ2n) is 7.44. The molecule has 1 aromatic rings. The number of likely N-dealkylation sites (tertiary alicyclic amines) is 1. The van der Waals surface area contributed by atoms with Crippen LogP contribution in [0.4, 0.5) is 13.2 Å². The van der Waals surface area contributed by atoms with E-state index in [0.29, 0.717) is 13.1 Å². The molecule has 2 heterocycles. The number of sulfone groups is 1. The first-order valence-electron chi connectivity index (χ1n) is 8.23. The Balaban J connectivity index is 1.56. The number of hydrogen-bond acceptors (Lipinski definition) is 4. The molecule has 1 aromatic carbocycles. The van der Waals surface area contributed by atoms with Crippen molar-refractivity contribution in [1.82, 2.24) is 4.90 Å². The van der Waals surface area contributed by atoms with Gasteiger partial charge in [-0.15, -0.1) is 0 Å². The third-order valence-electron chi connectivity index (χ3n) is 4.87. The molecule has 26 heavy (non-hydrogen) atoms. The number of rotatable bonds is 4. The van der Waals surface area contributed by atoms with Crippen molar-refractivity contribution < 1.29 is 31.1 Å². The predicted molar refractivity (Wildman–Crippen MR) is 88.4 cm³/mol. The van der Waals surface area contributed by atoms with Crippen LogP contribution in [0.2, 0.25) is 0 Å². The minimum Gasteiger partial charge on any atom is -0.478 e. The SMILES string of the molecule is CC(C)(Oc1ccc(C(F)(F)F)cc1)C(=O)N1CC(C2CS(=O)(=O)C2)C1. The topological polar surface area (TPSA) is 63.7 Å². The molecule has 5 nitrogen and oxygen atoms in total. The van der Waals surface area contributed by atoms with E-state index in [1.807, 2.05) is 0 Å². The monoisotopic (exact) mass is 391 g/mol. The van der Waals surface area contributed by atoms with Crippen LogP contribution in [0.1, 0.15) is 19.4 Å². The van der Waals surface area contributed by atoms with Gasteiger partial charge in [-0.1, -0.05) is 0 Å². The molecule has 2 saturated heterocycles. The zero-order valence-electron chi connectivity index (χ0n) is 14.4. The number of carbonyl (C=O) groups excluding carboxylic acids is 1. The van der Waals surface area contributed by atoms with Crippen LogP contribution in [0.25, 0.3) is 0 Å². The van der Waals surface area contributed by atoms with Crippen molar-refractivity contribution in [3.8, 4) is 5.75 Å². The minimum atomic E-state index is -4.43. The standard InChI is InChI=1S/C17H20F3NO4S/c1-16(2,25-14-5-3-13(4-6-14)17(18,19)20)15(22)21-7-11(8-21)12-9-26(23,24)10-12/h3-6,11-12H,7-10H2,1-2H3. The van der Waals surface area contributed by atoms with Crippen LogP contribution in [0.3, 0.4) is 0 Å². The van der Waals surface area contributed by atoms with E-state index in [9.17, 15) is 26.4 Å². The van der Waals surface area contributed by atoms with Gasteiger partial charge in [-0.2, -0.15) is 13.2 Å². The maximum Gasteiger partial charge on any atom is 0.416 e. The summed E-state index contributed by atoms with van der Waals surface area (Å²) < 4.78 is 65.8. The van der Waals surface area contributed by atoms with Gasteiger partial charge in [0.05, 0.1) is 17.1 Å². The van der Waals surface area contributed by atoms with Gasteiger partial charge in [0.2, 0.25) is 0 Å². The Hall–Kier alpha value is -1.77. The summed E-state index contributed by atoms with van der Waals surface area (Å²) in [6.07, 6.45) is -4.43. The van der Waals surface area contributed by atoms with E-state index in [1.165, 1.54) is 12.1 Å². The van der Waals surface area contributed by atoms with Gasteiger partial charge in [-0.25, -0.2) is 8.42 Å². The number of carbonyl (C=O) groups is 1. The summed E-state index contributed by atoms with van der Waals surface area (Å²) in [5, 5.41) is 0. The Morgan fingerprint density at radius 3 is 2.08 bits per heavy atom. The van der Waals surface area contributed by atoms with E-state index in [4.69, 9.17) is 4.74 Å². The molecule has 0 unspecified atom stereocenters. The molecule has 144 valence electrons. The number of ether oxygens (including phenoxy) is 1. The van der Waals surface area contributed by atoms with Gasteiger partial charge in [-0.05, 0) is 49.9 Å². The summed E-state index contributed by atoms with van der Waals surface area (Å²) in [5.74, 6) is 0.581. The number of benzene rings is 1. The normalized spacial score (nSPS) is 21.0. The van der Waals surface area contributed by atoms with E-state index >= 15 is 0 Å². The number of alkyl halides is 3. The van der Waals surface area contributed by atoms with E-state index in [0.717, 1.165) is 12.1 Å². The minimum absolute atomic E-state index is 0.114. The van der Waals surface area contributed by atoms with Crippen LogP contribution in [0, 0.1) is 11.8 Å². The molecule has 0 aliphatic carbocycles. The molecule has 0 radical (unpaired) electrons. The summed E-state index contributed by atoms with van der Waals surface area (Å²) >= 11 is 0. The molecule has 2 aliphatic heterocycles. The molecule has 0 aromatic heterocycles. The molecular formula is C17H20F3NO4S. The van der Waals surface area contributed by atoms with Gasteiger partial charge in [0.25, 0.3) is 5.91 Å². The van der Waals surface area contributed by atoms with Crippen LogP contribution < -0.4 is 4.74 Å². The highest BCUT2D eigenvalue weighted by Gasteiger charge is 2.47. The molecule has 2 aliphatic rings. The molecular weight excluding hydrogens is 371 g/mol. The Labute approximate surface area is 150 Å². The highest BCUT2D eigenvalue weighted by Crippen LogP contribution is 2.35. The van der Waals surface area contributed by atoms with Crippen LogP contribution >= 0.6 is 0 Å². The van der Waals surface area contributed by atoms with Crippen molar-refractivity contribution >= 4 is 15.7 Å². The molecule has 3 rings (SSSR count). The predicted octanol–water partition coefficient (Wildman–Crippen LogP) is 2.37. The molecule has 9 heteroatoms. The second kappa shape index (κ2) is 6.14. The van der Waals surface area contributed by atoms with Gasteiger partial charge in [0.15, 0.2) is 15.4 Å². The van der Waals surface area contributed by atoms with Crippen molar-refractivity contribution in [2.75, 3.05) is 24.6 Å². The van der Waals surface area contributed by atoms with Crippen LogP contribution in [0.5, 0.6) is 5.75 Å². The highest BCUT2D eigenvalue weighted by atomic mass is 32.2. The Bertz CT molecular complexity index is 784. The van der Waals surface area contributed by atoms with E-state index in [2.05, 4.69) is 0 Å². The lowest BCUT2D eigenvalue weighted by Gasteiger charge is -2.48. The van der Waals surface area contributed by atoms with Gasteiger partial charge in [-0.3, -0.25) is 4.79 Å². The first-order valence-corrected chi connectivity index (χ1v) is 10.1. The lowest BCUT2D eigenvalue weighted by Crippen LogP contribution is -2.62. The molecule has 0 N–H and O–H groups in total. The molecule has 2 fully saturated rings. The summed E-state index contributed by atoms with van der Waals surface area (Å²) in [7, 11) is -2.88. The second-order valence-corrected chi connectivity index (χ2v) is 9.60. The molecule has 1 amide bonds. The summed E-state index contributed by atoms with van der Waals surface area (Å²) in [6, 6.07) is 4.20. The van der Waals surface area contributed by atoms with Crippen molar-refractivity contribution in [3.63, 3.8) is 0 Å². The zero-order valence-corrected chi connectivity index (χ0v) is 15.2. The van der Waals surface area contributed by atoms with Crippen LogP contribution in [0.15, 0.2) is 24.3 Å². The lowest BCUT2D eigenvalue weighted by molar-refractivity contribution is -0.153. The van der Waals surface area contributed by atoms with Gasteiger partial charge in [0, 0.05) is 13.1 Å². The number of amides is 1. The number of hydrogen-bond donors (Lipinski definition) is 0. The summed E-state index contributed by atoms with van der Waals surface area (Å²) in [6.45, 7) is 4.10. The fourth-order valence-corrected chi connectivity index (χ4v) is 5.03. The maximum atomic E-state index is 12.6. The number of halogens is 3. The van der Waals surface area contributed by atoms with Crippen molar-refractivity contribution in [2.24, 2.45) is 11.8 Å². The lowest BCUT2D eigenvalue weighted by atomic mass is 9.86. The average Bonchev–Trinajstić information content (AvgIpc) is 2.42. The van der Waals surface area contributed by atoms with Gasteiger partial charge in [0.1, 0.15) is 5.75 Å². The van der Waals surface area contributed by atoms with E-state index in [-0.39, 0.29) is 35.0 Å². The smallest absolute Gasteiger partial charge is 0.416 e. The molecule has 0 bridgehead atoms. The van der Waals surface area contributed by atoms with Crippen molar-refractivity contribution in [2.45, 2.75) is 25.6 Å². The summed E-state index contributed by atoms with van der Waals surface area (Å²) in [5.41, 5.74) is -2.01. The fourth-order valence-electron chi connectivity index (χ4n) is 3.28. The summed E-state index contributed by atoms with van der Waals surface area (Å²) in [4.78, 5) is 14.2. The highest BCUT2D eigenvalue weighted by molar-refractivity contribution is 7.92. The zero-order chi connectivity index (χ0) is 19.3. The largest absolute Gasteiger partial charge is 0.478 e. The quantitative estimate of drug-likeness (QED) is 0.791. The Kier molecular flexibility index (Phi) is 4.49. The van der Waals surface area contributed by atoms with Gasteiger partial charge >= 0.3 is 6.18 Å². The molecule has 0 saturated carbocycles. The van der Waals surface area contributed by atoms with Crippen molar-refractivity contribution in [3.05, 3.63) is 29.8 Å². The average molecular weight is 391 g/mol. The first-order chi connectivity index (χ1) is 11.9. The molecule has 0 spiro atoms. The maximum absolute atomic E-state index is 12.6. The van der Waals surface area contributed by atoms with E-state index < -0.39 is 27.2 Å². The van der Waals surface area contributed by atoms with E-state index in [1.54, 1.807) is 18.7 Å². The Morgan fingerprint density at radius 2 is 1.62 bits per heavy atom. The van der Waals surface area contributed by atoms with Crippen LogP contribution in [-0.4, -0.2) is 49.4 Å². The number of nitrogens with zero attached hydrogens (tertiary/aromatic N) is 1.